The normalized spacial score (nSPS) is 21.0. The Morgan fingerprint density at radius 3 is 2.50 bits per heavy atom. The number of aromatic amines is 1. The van der Waals surface area contributed by atoms with Crippen LogP contribution in [0.2, 0.25) is 0 Å². The molecule has 2 fully saturated rings. The molecule has 30 heavy (non-hydrogen) atoms. The number of piperazine rings is 1. The average Bonchev–Trinajstić information content (AvgIpc) is 3.16. The lowest BCUT2D eigenvalue weighted by Crippen LogP contribution is -2.51. The number of nitrogens with one attached hydrogen (secondary N) is 1. The summed E-state index contributed by atoms with van der Waals surface area (Å²) in [5.41, 5.74) is 2.25. The van der Waals surface area contributed by atoms with Crippen molar-refractivity contribution in [2.75, 3.05) is 26.2 Å². The highest BCUT2D eigenvalue weighted by Gasteiger charge is 2.46. The summed E-state index contributed by atoms with van der Waals surface area (Å²) in [6.45, 7) is 2.05. The number of hydrogen-bond acceptors (Lipinski definition) is 4. The van der Waals surface area contributed by atoms with E-state index in [1.807, 2.05) is 22.4 Å². The number of nitrogens with zero attached hydrogens (tertiary/aromatic N) is 3. The SMILES string of the molecule is O=C(c1cc(-c2cccs2)[nH]n1)N1CCN(C(=O)C2CC2c2ccc(F)cc2)CC1. The van der Waals surface area contributed by atoms with Crippen molar-refractivity contribution in [2.24, 2.45) is 5.92 Å². The molecule has 6 nitrogen and oxygen atoms in total. The first-order valence-corrected chi connectivity index (χ1v) is 10.9. The maximum absolute atomic E-state index is 13.1. The van der Waals surface area contributed by atoms with Crippen molar-refractivity contribution in [3.63, 3.8) is 0 Å². The summed E-state index contributed by atoms with van der Waals surface area (Å²) in [7, 11) is 0. The first-order valence-electron chi connectivity index (χ1n) is 10.0. The molecule has 0 bridgehead atoms. The van der Waals surface area contributed by atoms with Gasteiger partial charge in [-0.05, 0) is 47.5 Å². The molecule has 8 heteroatoms. The van der Waals surface area contributed by atoms with Crippen LogP contribution in [0.15, 0.2) is 47.8 Å². The summed E-state index contributed by atoms with van der Waals surface area (Å²) in [6, 6.07) is 12.1. The Kier molecular flexibility index (Phi) is 4.86. The quantitative estimate of drug-likeness (QED) is 0.698. The van der Waals surface area contributed by atoms with Gasteiger partial charge in [-0.25, -0.2) is 4.39 Å². The number of benzene rings is 1. The van der Waals surface area contributed by atoms with Crippen molar-refractivity contribution >= 4 is 23.2 Å². The molecule has 0 radical (unpaired) electrons. The summed E-state index contributed by atoms with van der Waals surface area (Å²) in [5, 5.41) is 9.08. The number of carbonyl (C=O) groups excluding carboxylic acids is 2. The maximum Gasteiger partial charge on any atom is 0.274 e. The average molecular weight is 425 g/mol. The number of halogens is 1. The Morgan fingerprint density at radius 1 is 1.07 bits per heavy atom. The van der Waals surface area contributed by atoms with Gasteiger partial charge in [0, 0.05) is 32.1 Å². The van der Waals surface area contributed by atoms with Crippen molar-refractivity contribution in [2.45, 2.75) is 12.3 Å². The number of thiophene rings is 1. The molecule has 5 rings (SSSR count). The number of hydrogen-bond donors (Lipinski definition) is 1. The third kappa shape index (κ3) is 3.63. The molecular formula is C22H21FN4O2S. The van der Waals surface area contributed by atoms with Crippen molar-refractivity contribution in [3.8, 4) is 10.6 Å². The highest BCUT2D eigenvalue weighted by molar-refractivity contribution is 7.13. The minimum Gasteiger partial charge on any atom is -0.339 e. The summed E-state index contributed by atoms with van der Waals surface area (Å²) < 4.78 is 13.1. The van der Waals surface area contributed by atoms with Crippen LogP contribution in [-0.4, -0.2) is 58.0 Å². The molecule has 154 valence electrons. The van der Waals surface area contributed by atoms with Gasteiger partial charge in [0.25, 0.3) is 5.91 Å². The smallest absolute Gasteiger partial charge is 0.274 e. The van der Waals surface area contributed by atoms with Crippen molar-refractivity contribution in [3.05, 3.63) is 64.9 Å². The lowest BCUT2D eigenvalue weighted by atomic mass is 10.1. The molecule has 2 amide bonds. The summed E-state index contributed by atoms with van der Waals surface area (Å²) >= 11 is 1.59. The lowest BCUT2D eigenvalue weighted by molar-refractivity contribution is -0.134. The molecule has 0 spiro atoms. The van der Waals surface area contributed by atoms with Gasteiger partial charge in [-0.2, -0.15) is 5.10 Å². The molecule has 3 aromatic rings. The van der Waals surface area contributed by atoms with E-state index >= 15 is 0 Å². The minimum absolute atomic E-state index is 0.0302. The molecule has 2 unspecified atom stereocenters. The van der Waals surface area contributed by atoms with E-state index in [9.17, 15) is 14.0 Å². The van der Waals surface area contributed by atoms with E-state index < -0.39 is 0 Å². The van der Waals surface area contributed by atoms with Crippen LogP contribution in [-0.2, 0) is 4.79 Å². The highest BCUT2D eigenvalue weighted by Crippen LogP contribution is 2.48. The van der Waals surface area contributed by atoms with Gasteiger partial charge in [0.1, 0.15) is 5.82 Å². The van der Waals surface area contributed by atoms with Crippen LogP contribution in [0.3, 0.4) is 0 Å². The summed E-state index contributed by atoms with van der Waals surface area (Å²) in [5.74, 6) is -0.0923. The fraction of sp³-hybridized carbons (Fsp3) is 0.318. The minimum atomic E-state index is -0.262. The lowest BCUT2D eigenvalue weighted by Gasteiger charge is -2.34. The second kappa shape index (κ2) is 7.68. The van der Waals surface area contributed by atoms with Crippen LogP contribution in [0.5, 0.6) is 0 Å². The fourth-order valence-electron chi connectivity index (χ4n) is 4.06. The zero-order valence-corrected chi connectivity index (χ0v) is 17.1. The third-order valence-corrected chi connectivity index (χ3v) is 6.77. The molecule has 1 aromatic carbocycles. The Bertz CT molecular complexity index is 1060. The van der Waals surface area contributed by atoms with Gasteiger partial charge < -0.3 is 9.80 Å². The van der Waals surface area contributed by atoms with Crippen LogP contribution in [0.4, 0.5) is 4.39 Å². The molecule has 1 saturated heterocycles. The topological polar surface area (TPSA) is 69.3 Å². The molecule has 2 atom stereocenters. The number of H-pyrrole nitrogens is 1. The van der Waals surface area contributed by atoms with Crippen molar-refractivity contribution in [1.82, 2.24) is 20.0 Å². The predicted octanol–water partition coefficient (Wildman–Crippen LogP) is 3.37. The monoisotopic (exact) mass is 424 g/mol. The first-order chi connectivity index (χ1) is 14.6. The highest BCUT2D eigenvalue weighted by atomic mass is 32.1. The predicted molar refractivity (Wildman–Crippen MR) is 112 cm³/mol. The van der Waals surface area contributed by atoms with E-state index in [4.69, 9.17) is 0 Å². The van der Waals surface area contributed by atoms with Crippen LogP contribution in [0, 0.1) is 11.7 Å². The van der Waals surface area contributed by atoms with Gasteiger partial charge in [0.2, 0.25) is 5.91 Å². The zero-order chi connectivity index (χ0) is 20.7. The molecule has 1 aliphatic carbocycles. The molecule has 2 aromatic heterocycles. The molecule has 1 N–H and O–H groups in total. The number of aromatic nitrogens is 2. The number of amides is 2. The molecule has 1 aliphatic heterocycles. The molecular weight excluding hydrogens is 403 g/mol. The summed E-state index contributed by atoms with van der Waals surface area (Å²) in [6.07, 6.45) is 0.808. The van der Waals surface area contributed by atoms with Gasteiger partial charge in [0.05, 0.1) is 10.6 Å². The van der Waals surface area contributed by atoms with E-state index in [2.05, 4.69) is 10.2 Å². The van der Waals surface area contributed by atoms with Crippen LogP contribution in [0.1, 0.15) is 28.4 Å². The van der Waals surface area contributed by atoms with E-state index in [-0.39, 0.29) is 29.5 Å². The Morgan fingerprint density at radius 2 is 1.80 bits per heavy atom. The van der Waals surface area contributed by atoms with Gasteiger partial charge >= 0.3 is 0 Å². The van der Waals surface area contributed by atoms with E-state index in [0.29, 0.717) is 31.9 Å². The standard InChI is InChI=1S/C22H21FN4O2S/c23-15-5-3-14(4-6-15)16-12-17(16)21(28)26-7-9-27(10-8-26)22(29)19-13-18(24-25-19)20-2-1-11-30-20/h1-6,11,13,16-17H,7-10,12H2,(H,24,25). The van der Waals surface area contributed by atoms with Gasteiger partial charge in [0.15, 0.2) is 5.69 Å². The molecule has 2 aliphatic rings. The summed E-state index contributed by atoms with van der Waals surface area (Å²) in [4.78, 5) is 30.2. The maximum atomic E-state index is 13.1. The second-order valence-corrected chi connectivity index (χ2v) is 8.71. The molecule has 3 heterocycles. The Hall–Kier alpha value is -3.00. The van der Waals surface area contributed by atoms with Crippen LogP contribution >= 0.6 is 11.3 Å². The zero-order valence-electron chi connectivity index (χ0n) is 16.3. The Labute approximate surface area is 177 Å². The molecule has 1 saturated carbocycles. The third-order valence-electron chi connectivity index (χ3n) is 5.87. The number of rotatable bonds is 4. The second-order valence-electron chi connectivity index (χ2n) is 7.76. The van der Waals surface area contributed by atoms with Gasteiger partial charge in [-0.15, -0.1) is 11.3 Å². The number of carbonyl (C=O) groups is 2. The fourth-order valence-corrected chi connectivity index (χ4v) is 4.75. The first kappa shape index (κ1) is 19.0. The van der Waals surface area contributed by atoms with Gasteiger partial charge in [-0.1, -0.05) is 18.2 Å². The van der Waals surface area contributed by atoms with E-state index in [1.165, 1.54) is 12.1 Å². The van der Waals surface area contributed by atoms with E-state index in [1.54, 1.807) is 34.4 Å². The van der Waals surface area contributed by atoms with Crippen LogP contribution < -0.4 is 0 Å². The van der Waals surface area contributed by atoms with Gasteiger partial charge in [-0.3, -0.25) is 14.7 Å². The van der Waals surface area contributed by atoms with E-state index in [0.717, 1.165) is 22.6 Å². The van der Waals surface area contributed by atoms with Crippen LogP contribution in [0.25, 0.3) is 10.6 Å². The van der Waals surface area contributed by atoms with Crippen molar-refractivity contribution in [1.29, 1.82) is 0 Å². The Balaban J connectivity index is 1.16. The van der Waals surface area contributed by atoms with Crippen molar-refractivity contribution < 1.29 is 14.0 Å². The largest absolute Gasteiger partial charge is 0.339 e.